The molecule has 1 aromatic carbocycles. The maximum absolute atomic E-state index is 10.6. The van der Waals surface area contributed by atoms with Crippen LogP contribution >= 0.6 is 0 Å². The lowest BCUT2D eigenvalue weighted by Gasteiger charge is -2.14. The first-order valence-corrected chi connectivity index (χ1v) is 7.27. The van der Waals surface area contributed by atoms with E-state index in [9.17, 15) is 10.1 Å². The van der Waals surface area contributed by atoms with Gasteiger partial charge in [-0.15, -0.1) is 0 Å². The molecule has 2 aromatic rings. The van der Waals surface area contributed by atoms with E-state index in [2.05, 4.69) is 53.4 Å². The van der Waals surface area contributed by atoms with Crippen LogP contribution in [0.5, 0.6) is 0 Å². The molecule has 1 atom stereocenters. The number of rotatable bonds is 6. The summed E-state index contributed by atoms with van der Waals surface area (Å²) in [6.45, 7) is 6.40. The van der Waals surface area contributed by atoms with E-state index in [-0.39, 0.29) is 11.7 Å². The highest BCUT2D eigenvalue weighted by Crippen LogP contribution is 2.19. The van der Waals surface area contributed by atoms with Gasteiger partial charge in [0, 0.05) is 0 Å². The van der Waals surface area contributed by atoms with Crippen molar-refractivity contribution >= 4 is 11.6 Å². The Bertz CT molecular complexity index is 624. The Morgan fingerprint density at radius 1 is 1.14 bits per heavy atom. The number of nitrogens with zero attached hydrogens (tertiary/aromatic N) is 3. The summed E-state index contributed by atoms with van der Waals surface area (Å²) in [6, 6.07) is 8.45. The molecule has 0 bridgehead atoms. The summed E-state index contributed by atoms with van der Waals surface area (Å²) in [6.07, 6.45) is 3.47. The molecule has 6 heteroatoms. The first-order valence-electron chi connectivity index (χ1n) is 7.27. The van der Waals surface area contributed by atoms with E-state index in [0.717, 1.165) is 12.0 Å². The molecule has 0 fully saturated rings. The molecular weight excluding hydrogens is 280 g/mol. The fraction of sp³-hybridized carbons (Fsp3) is 0.375. The minimum atomic E-state index is -0.513. The molecule has 2 rings (SSSR count). The van der Waals surface area contributed by atoms with Crippen LogP contribution < -0.4 is 5.32 Å². The van der Waals surface area contributed by atoms with Gasteiger partial charge in [-0.05, 0) is 30.4 Å². The molecule has 0 aliphatic heterocycles. The third kappa shape index (κ3) is 4.25. The van der Waals surface area contributed by atoms with Gasteiger partial charge in [0.2, 0.25) is 5.95 Å². The van der Waals surface area contributed by atoms with Gasteiger partial charge in [0.1, 0.15) is 12.4 Å². The predicted molar refractivity (Wildman–Crippen MR) is 85.7 cm³/mol. The lowest BCUT2D eigenvalue weighted by atomic mass is 10.00. The predicted octanol–water partition coefficient (Wildman–Crippen LogP) is 3.76. The molecule has 0 spiro atoms. The second kappa shape index (κ2) is 6.98. The van der Waals surface area contributed by atoms with Crippen molar-refractivity contribution in [3.63, 3.8) is 0 Å². The second-order valence-corrected chi connectivity index (χ2v) is 5.73. The van der Waals surface area contributed by atoms with Crippen molar-refractivity contribution in [2.24, 2.45) is 5.92 Å². The molecule has 0 amide bonds. The zero-order valence-corrected chi connectivity index (χ0v) is 13.0. The number of benzene rings is 1. The average Bonchev–Trinajstić information content (AvgIpc) is 2.48. The van der Waals surface area contributed by atoms with Gasteiger partial charge in [-0.25, -0.2) is 9.97 Å². The normalized spacial score (nSPS) is 12.2. The van der Waals surface area contributed by atoms with Crippen molar-refractivity contribution in [3.8, 4) is 0 Å². The molecule has 6 nitrogen and oxygen atoms in total. The summed E-state index contributed by atoms with van der Waals surface area (Å²) in [4.78, 5) is 18.0. The van der Waals surface area contributed by atoms with Crippen LogP contribution in [0, 0.1) is 16.0 Å². The molecular formula is C16H20N4O2. The van der Waals surface area contributed by atoms with E-state index in [1.165, 1.54) is 18.0 Å². The molecule has 116 valence electrons. The van der Waals surface area contributed by atoms with E-state index in [1.54, 1.807) is 0 Å². The molecule has 0 aliphatic carbocycles. The van der Waals surface area contributed by atoms with Crippen molar-refractivity contribution in [2.45, 2.75) is 33.2 Å². The van der Waals surface area contributed by atoms with Gasteiger partial charge < -0.3 is 5.32 Å². The molecule has 1 aromatic heterocycles. The Balaban J connectivity index is 2.02. The van der Waals surface area contributed by atoms with Crippen molar-refractivity contribution in [1.82, 2.24) is 9.97 Å². The maximum atomic E-state index is 10.6. The minimum absolute atomic E-state index is 0.0227. The Kier molecular flexibility index (Phi) is 5.04. The van der Waals surface area contributed by atoms with Crippen molar-refractivity contribution in [2.75, 3.05) is 5.32 Å². The number of nitro groups is 1. The fourth-order valence-electron chi connectivity index (χ4n) is 2.18. The van der Waals surface area contributed by atoms with Gasteiger partial charge in [-0.3, -0.25) is 10.1 Å². The highest BCUT2D eigenvalue weighted by atomic mass is 16.6. The molecule has 0 saturated heterocycles. The summed E-state index contributed by atoms with van der Waals surface area (Å²) in [5.41, 5.74) is 2.32. The summed E-state index contributed by atoms with van der Waals surface area (Å²) < 4.78 is 0. The second-order valence-electron chi connectivity index (χ2n) is 5.73. The van der Waals surface area contributed by atoms with Crippen LogP contribution in [0.3, 0.4) is 0 Å². The number of anilines is 1. The highest BCUT2D eigenvalue weighted by molar-refractivity contribution is 5.35. The first kappa shape index (κ1) is 15.9. The molecule has 1 N–H and O–H groups in total. The SMILES string of the molecule is CC(C)Cc1ccc(C(C)Nc2ncc([N+](=O)[O-])cn2)cc1. The van der Waals surface area contributed by atoms with Gasteiger partial charge in [-0.2, -0.15) is 0 Å². The summed E-state index contributed by atoms with van der Waals surface area (Å²) in [5.74, 6) is 1.01. The van der Waals surface area contributed by atoms with Crippen LogP contribution in [-0.4, -0.2) is 14.9 Å². The Morgan fingerprint density at radius 2 is 1.73 bits per heavy atom. The zero-order chi connectivity index (χ0) is 16.1. The van der Waals surface area contributed by atoms with E-state index in [4.69, 9.17) is 0 Å². The third-order valence-corrected chi connectivity index (χ3v) is 3.32. The molecule has 1 unspecified atom stereocenters. The highest BCUT2D eigenvalue weighted by Gasteiger charge is 2.10. The number of aromatic nitrogens is 2. The van der Waals surface area contributed by atoms with Crippen LogP contribution in [-0.2, 0) is 6.42 Å². The standard InChI is InChI=1S/C16H20N4O2/c1-11(2)8-13-4-6-14(7-5-13)12(3)19-16-17-9-15(10-18-16)20(21)22/h4-7,9-12H,8H2,1-3H3,(H,17,18,19). The van der Waals surface area contributed by atoms with Crippen LogP contribution in [0.15, 0.2) is 36.7 Å². The molecule has 22 heavy (non-hydrogen) atoms. The van der Waals surface area contributed by atoms with E-state index in [1.807, 2.05) is 6.92 Å². The van der Waals surface area contributed by atoms with Gasteiger partial charge in [-0.1, -0.05) is 38.1 Å². The average molecular weight is 300 g/mol. The fourth-order valence-corrected chi connectivity index (χ4v) is 2.18. The third-order valence-electron chi connectivity index (χ3n) is 3.32. The lowest BCUT2D eigenvalue weighted by Crippen LogP contribution is -2.09. The Morgan fingerprint density at radius 3 is 2.23 bits per heavy atom. The van der Waals surface area contributed by atoms with E-state index >= 15 is 0 Å². The number of hydrogen-bond acceptors (Lipinski definition) is 5. The summed E-state index contributed by atoms with van der Waals surface area (Å²) >= 11 is 0. The van der Waals surface area contributed by atoms with E-state index in [0.29, 0.717) is 11.9 Å². The smallest absolute Gasteiger partial charge is 0.305 e. The van der Waals surface area contributed by atoms with E-state index < -0.39 is 4.92 Å². The number of nitrogens with one attached hydrogen (secondary N) is 1. The van der Waals surface area contributed by atoms with Gasteiger partial charge in [0.25, 0.3) is 0 Å². The number of hydrogen-bond donors (Lipinski definition) is 1. The topological polar surface area (TPSA) is 81.0 Å². The van der Waals surface area contributed by atoms with Crippen LogP contribution in [0.2, 0.25) is 0 Å². The zero-order valence-electron chi connectivity index (χ0n) is 13.0. The van der Waals surface area contributed by atoms with Gasteiger partial charge in [0.15, 0.2) is 0 Å². The molecule has 0 radical (unpaired) electrons. The van der Waals surface area contributed by atoms with Crippen molar-refractivity contribution in [1.29, 1.82) is 0 Å². The van der Waals surface area contributed by atoms with Crippen LogP contribution in [0.1, 0.15) is 37.9 Å². The van der Waals surface area contributed by atoms with Crippen LogP contribution in [0.4, 0.5) is 11.6 Å². The summed E-state index contributed by atoms with van der Waals surface area (Å²) in [5, 5.41) is 13.7. The van der Waals surface area contributed by atoms with Crippen molar-refractivity contribution < 1.29 is 4.92 Å². The Labute approximate surface area is 129 Å². The van der Waals surface area contributed by atoms with Gasteiger partial charge in [0.05, 0.1) is 11.0 Å². The molecule has 1 heterocycles. The quantitative estimate of drug-likeness (QED) is 0.649. The Hall–Kier alpha value is -2.50. The molecule has 0 aliphatic rings. The van der Waals surface area contributed by atoms with Crippen LogP contribution in [0.25, 0.3) is 0 Å². The monoisotopic (exact) mass is 300 g/mol. The lowest BCUT2D eigenvalue weighted by molar-refractivity contribution is -0.385. The summed E-state index contributed by atoms with van der Waals surface area (Å²) in [7, 11) is 0. The van der Waals surface area contributed by atoms with Crippen molar-refractivity contribution in [3.05, 3.63) is 57.9 Å². The van der Waals surface area contributed by atoms with Gasteiger partial charge >= 0.3 is 5.69 Å². The largest absolute Gasteiger partial charge is 0.348 e. The minimum Gasteiger partial charge on any atom is -0.348 e. The maximum Gasteiger partial charge on any atom is 0.305 e. The molecule has 0 saturated carbocycles. The first-order chi connectivity index (χ1) is 10.5.